The molecule has 0 saturated carbocycles. The average molecular weight is 160 g/mol. The van der Waals surface area contributed by atoms with Crippen molar-refractivity contribution in [1.82, 2.24) is 4.90 Å². The second-order valence-corrected chi connectivity index (χ2v) is 3.32. The molecule has 0 unspecified atom stereocenters. The normalized spacial score (nSPS) is 11.3. The van der Waals surface area contributed by atoms with Gasteiger partial charge in [0.15, 0.2) is 0 Å². The molecular formula is C7H16N2O2. The summed E-state index contributed by atoms with van der Waals surface area (Å²) in [6.07, 6.45) is 0.534. The lowest BCUT2D eigenvalue weighted by Gasteiger charge is -2.21. The Balaban J connectivity index is 3.63. The minimum atomic E-state index is -0.732. The fraction of sp³-hybridized carbons (Fsp3) is 0.857. The maximum absolute atomic E-state index is 10.5. The van der Waals surface area contributed by atoms with Crippen LogP contribution in [0.4, 0.5) is 4.79 Å². The Kier molecular flexibility index (Phi) is 3.32. The van der Waals surface area contributed by atoms with Crippen molar-refractivity contribution in [2.24, 2.45) is 5.73 Å². The van der Waals surface area contributed by atoms with E-state index in [1.807, 2.05) is 0 Å². The lowest BCUT2D eigenvalue weighted by molar-refractivity contribution is 0.0642. The molecule has 66 valence electrons. The Morgan fingerprint density at radius 3 is 2.36 bits per heavy atom. The fourth-order valence-corrected chi connectivity index (χ4v) is 0.552. The van der Waals surface area contributed by atoms with E-state index >= 15 is 0 Å². The molecule has 0 heterocycles. The van der Waals surface area contributed by atoms with Gasteiger partial charge in [-0.05, 0) is 20.3 Å². The van der Waals surface area contributed by atoms with Crippen molar-refractivity contribution in [2.75, 3.05) is 13.6 Å². The van der Waals surface area contributed by atoms with Crippen LogP contribution in [-0.4, -0.2) is 35.2 Å². The first-order valence-electron chi connectivity index (χ1n) is 3.56. The summed E-state index contributed by atoms with van der Waals surface area (Å²) in [4.78, 5) is 11.9. The molecule has 0 spiro atoms. The van der Waals surface area contributed by atoms with Crippen LogP contribution < -0.4 is 5.73 Å². The zero-order valence-electron chi connectivity index (χ0n) is 7.29. The van der Waals surface area contributed by atoms with E-state index in [1.54, 1.807) is 20.9 Å². The van der Waals surface area contributed by atoms with Crippen LogP contribution in [0.25, 0.3) is 0 Å². The van der Waals surface area contributed by atoms with Gasteiger partial charge < -0.3 is 15.7 Å². The van der Waals surface area contributed by atoms with E-state index in [2.05, 4.69) is 0 Å². The number of carbonyl (C=O) groups excluding carboxylic acids is 1. The predicted octanol–water partition coefficient (Wildman–Crippen LogP) is 0.158. The van der Waals surface area contributed by atoms with Crippen molar-refractivity contribution >= 4 is 6.03 Å². The van der Waals surface area contributed by atoms with Crippen LogP contribution in [0, 0.1) is 0 Å². The van der Waals surface area contributed by atoms with Crippen LogP contribution in [0.3, 0.4) is 0 Å². The Bertz CT molecular complexity index is 140. The third kappa shape index (κ3) is 5.66. The van der Waals surface area contributed by atoms with E-state index < -0.39 is 11.6 Å². The molecule has 0 aliphatic rings. The van der Waals surface area contributed by atoms with E-state index in [4.69, 9.17) is 5.73 Å². The highest BCUT2D eigenvalue weighted by Crippen LogP contribution is 2.06. The molecule has 4 heteroatoms. The van der Waals surface area contributed by atoms with E-state index in [1.165, 1.54) is 4.90 Å². The largest absolute Gasteiger partial charge is 0.390 e. The third-order valence-electron chi connectivity index (χ3n) is 1.44. The molecule has 0 fully saturated rings. The van der Waals surface area contributed by atoms with Crippen LogP contribution in [0.2, 0.25) is 0 Å². The quantitative estimate of drug-likeness (QED) is 0.617. The lowest BCUT2D eigenvalue weighted by Crippen LogP contribution is -2.36. The molecule has 0 aliphatic carbocycles. The molecule has 0 saturated heterocycles. The van der Waals surface area contributed by atoms with Crippen molar-refractivity contribution in [3.05, 3.63) is 0 Å². The summed E-state index contributed by atoms with van der Waals surface area (Å²) in [5, 5.41) is 9.27. The second-order valence-electron chi connectivity index (χ2n) is 3.32. The molecule has 4 nitrogen and oxygen atoms in total. The number of carbonyl (C=O) groups is 1. The predicted molar refractivity (Wildman–Crippen MR) is 43.1 cm³/mol. The number of amides is 2. The minimum absolute atomic E-state index is 0.464. The average Bonchev–Trinajstić information content (AvgIpc) is 1.80. The lowest BCUT2D eigenvalue weighted by atomic mass is 10.1. The number of aliphatic hydroxyl groups is 1. The van der Waals surface area contributed by atoms with Gasteiger partial charge in [0.25, 0.3) is 0 Å². The first-order chi connectivity index (χ1) is 4.83. The van der Waals surface area contributed by atoms with Gasteiger partial charge in [0.05, 0.1) is 5.60 Å². The number of hydrogen-bond donors (Lipinski definition) is 2. The van der Waals surface area contributed by atoms with Crippen molar-refractivity contribution in [3.63, 3.8) is 0 Å². The number of nitrogens with zero attached hydrogens (tertiary/aromatic N) is 1. The second kappa shape index (κ2) is 3.57. The Morgan fingerprint density at radius 1 is 1.64 bits per heavy atom. The summed E-state index contributed by atoms with van der Waals surface area (Å²) in [5.74, 6) is 0. The van der Waals surface area contributed by atoms with Gasteiger partial charge >= 0.3 is 6.03 Å². The molecule has 0 bridgehead atoms. The highest BCUT2D eigenvalue weighted by molar-refractivity contribution is 5.71. The molecule has 0 radical (unpaired) electrons. The third-order valence-corrected chi connectivity index (χ3v) is 1.44. The maximum atomic E-state index is 10.5. The van der Waals surface area contributed by atoms with Gasteiger partial charge in [0, 0.05) is 13.6 Å². The Hall–Kier alpha value is -0.770. The minimum Gasteiger partial charge on any atom is -0.390 e. The summed E-state index contributed by atoms with van der Waals surface area (Å²) in [6, 6.07) is -0.464. The summed E-state index contributed by atoms with van der Waals surface area (Å²) >= 11 is 0. The SMILES string of the molecule is CN(CCC(C)(C)O)C(N)=O. The van der Waals surface area contributed by atoms with E-state index in [9.17, 15) is 9.90 Å². The molecule has 0 rings (SSSR count). The molecule has 0 atom stereocenters. The number of urea groups is 1. The van der Waals surface area contributed by atoms with Gasteiger partial charge in [-0.15, -0.1) is 0 Å². The van der Waals surface area contributed by atoms with Crippen LogP contribution in [0.15, 0.2) is 0 Å². The van der Waals surface area contributed by atoms with Crippen LogP contribution in [0.1, 0.15) is 20.3 Å². The number of rotatable bonds is 3. The van der Waals surface area contributed by atoms with Gasteiger partial charge in [0.2, 0.25) is 0 Å². The summed E-state index contributed by atoms with van der Waals surface area (Å²) in [6.45, 7) is 3.88. The summed E-state index contributed by atoms with van der Waals surface area (Å²) in [5.41, 5.74) is 4.24. The highest BCUT2D eigenvalue weighted by Gasteiger charge is 2.14. The van der Waals surface area contributed by atoms with Gasteiger partial charge in [-0.1, -0.05) is 0 Å². The molecule has 3 N–H and O–H groups in total. The van der Waals surface area contributed by atoms with Gasteiger partial charge in [-0.25, -0.2) is 4.79 Å². The summed E-state index contributed by atoms with van der Waals surface area (Å²) in [7, 11) is 1.61. The van der Waals surface area contributed by atoms with Crippen LogP contribution >= 0.6 is 0 Å². The standard InChI is InChI=1S/C7H16N2O2/c1-7(2,11)4-5-9(3)6(8)10/h11H,4-5H2,1-3H3,(H2,8,10). The van der Waals surface area contributed by atoms with Crippen molar-refractivity contribution in [1.29, 1.82) is 0 Å². The van der Waals surface area contributed by atoms with Crippen LogP contribution in [-0.2, 0) is 0 Å². The van der Waals surface area contributed by atoms with Gasteiger partial charge in [-0.2, -0.15) is 0 Å². The van der Waals surface area contributed by atoms with Gasteiger partial charge in [-0.3, -0.25) is 0 Å². The zero-order chi connectivity index (χ0) is 9.07. The molecule has 0 aliphatic heterocycles. The maximum Gasteiger partial charge on any atom is 0.314 e. The van der Waals surface area contributed by atoms with E-state index in [0.29, 0.717) is 13.0 Å². The van der Waals surface area contributed by atoms with Crippen molar-refractivity contribution < 1.29 is 9.90 Å². The molecular weight excluding hydrogens is 144 g/mol. The topological polar surface area (TPSA) is 66.6 Å². The zero-order valence-corrected chi connectivity index (χ0v) is 7.29. The van der Waals surface area contributed by atoms with Crippen molar-refractivity contribution in [2.45, 2.75) is 25.9 Å². The highest BCUT2D eigenvalue weighted by atomic mass is 16.3. The molecule has 2 amide bonds. The number of primary amides is 1. The van der Waals surface area contributed by atoms with Crippen molar-refractivity contribution in [3.8, 4) is 0 Å². The van der Waals surface area contributed by atoms with E-state index in [-0.39, 0.29) is 0 Å². The fourth-order valence-electron chi connectivity index (χ4n) is 0.552. The molecule has 0 aromatic carbocycles. The first kappa shape index (κ1) is 10.2. The Morgan fingerprint density at radius 2 is 2.09 bits per heavy atom. The summed E-state index contributed by atoms with van der Waals surface area (Å²) < 4.78 is 0. The number of hydrogen-bond acceptors (Lipinski definition) is 2. The monoisotopic (exact) mass is 160 g/mol. The van der Waals surface area contributed by atoms with Gasteiger partial charge in [0.1, 0.15) is 0 Å². The molecule has 0 aromatic rings. The Labute approximate surface area is 67.0 Å². The molecule has 0 aromatic heterocycles. The molecule has 11 heavy (non-hydrogen) atoms. The van der Waals surface area contributed by atoms with Crippen LogP contribution in [0.5, 0.6) is 0 Å². The number of nitrogens with two attached hydrogens (primary N) is 1. The van der Waals surface area contributed by atoms with E-state index in [0.717, 1.165) is 0 Å². The smallest absolute Gasteiger partial charge is 0.314 e. The first-order valence-corrected chi connectivity index (χ1v) is 3.56.